The topological polar surface area (TPSA) is 267 Å². The van der Waals surface area contributed by atoms with Crippen LogP contribution in [0.15, 0.2) is 30.3 Å². The number of methoxy groups -OCH3 is 1. The Labute approximate surface area is 440 Å². The largest absolute Gasteiger partial charge is 0.443 e. The van der Waals surface area contributed by atoms with Gasteiger partial charge < -0.3 is 61.3 Å². The van der Waals surface area contributed by atoms with Gasteiger partial charge in [0.15, 0.2) is 0 Å². The zero-order chi connectivity index (χ0) is 55.2. The number of nitrogens with one attached hydrogen (secondary N) is 7. The van der Waals surface area contributed by atoms with Crippen LogP contribution in [-0.4, -0.2) is 141 Å². The maximum Gasteiger partial charge on any atom is 0.407 e. The number of rotatable bonds is 30. The zero-order valence-electron chi connectivity index (χ0n) is 46.6. The smallest absolute Gasteiger partial charge is 0.407 e. The van der Waals surface area contributed by atoms with E-state index in [9.17, 15) is 38.7 Å². The Morgan fingerprint density at radius 2 is 1.43 bits per heavy atom. The van der Waals surface area contributed by atoms with Crippen molar-refractivity contribution in [3.05, 3.63) is 35.9 Å². The Morgan fingerprint density at radius 3 is 2.01 bits per heavy atom. The Kier molecular flexibility index (Phi) is 22.7. The number of aliphatic hydroxyl groups excluding tert-OH is 1. The molecule has 1 aliphatic carbocycles. The molecule has 74 heavy (non-hydrogen) atoms. The monoisotopic (exact) mass is 1040 g/mol. The molecule has 2 saturated heterocycles. The van der Waals surface area contributed by atoms with Gasteiger partial charge in [0.25, 0.3) is 0 Å². The molecule has 11 atom stereocenters. The zero-order valence-corrected chi connectivity index (χ0v) is 46.6. The summed E-state index contributed by atoms with van der Waals surface area (Å²) in [5, 5.41) is 28.9. The van der Waals surface area contributed by atoms with E-state index in [-0.39, 0.29) is 80.2 Å². The van der Waals surface area contributed by atoms with Crippen molar-refractivity contribution >= 4 is 41.5 Å². The quantitative estimate of drug-likeness (QED) is 0.0401. The molecule has 4 rings (SSSR count). The number of alkyl carbamates (subject to hydrolysis) is 1. The van der Waals surface area contributed by atoms with Crippen LogP contribution in [0.25, 0.3) is 0 Å². The Bertz CT molecular complexity index is 2050. The van der Waals surface area contributed by atoms with Crippen molar-refractivity contribution in [3.8, 4) is 0 Å². The average Bonchev–Trinajstić information content (AvgIpc) is 4.25. The highest BCUT2D eigenvalue weighted by Gasteiger charge is 2.72. The van der Waals surface area contributed by atoms with Gasteiger partial charge >= 0.3 is 6.09 Å². The van der Waals surface area contributed by atoms with E-state index in [1.807, 2.05) is 54.5 Å². The van der Waals surface area contributed by atoms with E-state index in [1.54, 1.807) is 45.2 Å². The van der Waals surface area contributed by atoms with Crippen molar-refractivity contribution in [3.63, 3.8) is 0 Å². The van der Waals surface area contributed by atoms with Gasteiger partial charge in [0.1, 0.15) is 35.5 Å². The minimum atomic E-state index is -1.15. The van der Waals surface area contributed by atoms with Crippen LogP contribution < -0.4 is 37.2 Å². The van der Waals surface area contributed by atoms with Crippen molar-refractivity contribution in [2.45, 2.75) is 182 Å². The normalized spacial score (nSPS) is 24.9. The number of carbonyl (C=O) groups is 7. The first-order chi connectivity index (χ1) is 34.7. The molecule has 1 spiro atoms. The number of amides is 7. The minimum absolute atomic E-state index is 0.0505. The number of epoxide rings is 2. The lowest BCUT2D eigenvalue weighted by molar-refractivity contribution is -0.142. The highest BCUT2D eigenvalue weighted by Crippen LogP contribution is 2.60. The van der Waals surface area contributed by atoms with E-state index in [4.69, 9.17) is 18.9 Å². The van der Waals surface area contributed by atoms with Gasteiger partial charge in [-0.25, -0.2) is 4.79 Å². The van der Waals surface area contributed by atoms with Gasteiger partial charge in [-0.1, -0.05) is 99.6 Å². The molecule has 1 saturated carbocycles. The Hall–Kier alpha value is -4.85. The number of hydrogen-bond acceptors (Lipinski definition) is 12. The molecule has 2 heterocycles. The molecule has 1 aromatic carbocycles. The van der Waals surface area contributed by atoms with Crippen molar-refractivity contribution in [1.29, 1.82) is 0 Å². The Balaban J connectivity index is 1.30. The van der Waals surface area contributed by atoms with E-state index in [0.717, 1.165) is 24.8 Å². The highest BCUT2D eigenvalue weighted by atomic mass is 16.6. The van der Waals surface area contributed by atoms with Crippen molar-refractivity contribution in [2.75, 3.05) is 46.4 Å². The van der Waals surface area contributed by atoms with Crippen LogP contribution in [0, 0.1) is 40.4 Å². The number of aliphatic hydroxyl groups is 1. The number of carbonyl (C=O) groups excluding carboxylic acids is 7. The molecule has 1 aromatic rings. The van der Waals surface area contributed by atoms with Gasteiger partial charge in [-0.05, 0) is 88.0 Å². The lowest BCUT2D eigenvalue weighted by atomic mass is 9.64. The fourth-order valence-electron chi connectivity index (χ4n) is 10.8. The molecule has 2 aliphatic heterocycles. The summed E-state index contributed by atoms with van der Waals surface area (Å²) < 4.78 is 24.2. The first-order valence-electron chi connectivity index (χ1n) is 26.9. The molecule has 3 aliphatic rings. The summed E-state index contributed by atoms with van der Waals surface area (Å²) in [6, 6.07) is 6.81. The second kappa shape index (κ2) is 27.3. The van der Waals surface area contributed by atoms with Crippen LogP contribution >= 0.6 is 0 Å². The van der Waals surface area contributed by atoms with Gasteiger partial charge in [-0.15, -0.1) is 0 Å². The van der Waals surface area contributed by atoms with E-state index in [1.165, 1.54) is 0 Å². The molecular formula is C55H91N7O12. The van der Waals surface area contributed by atoms with E-state index in [0.29, 0.717) is 25.4 Å². The first kappa shape index (κ1) is 61.7. The number of benzene rings is 1. The third-order valence-corrected chi connectivity index (χ3v) is 15.1. The predicted molar refractivity (Wildman–Crippen MR) is 280 cm³/mol. The summed E-state index contributed by atoms with van der Waals surface area (Å²) in [6.45, 7) is 23.1. The summed E-state index contributed by atoms with van der Waals surface area (Å²) in [5.41, 5.74) is -2.10. The molecular weight excluding hydrogens is 951 g/mol. The van der Waals surface area contributed by atoms with Crippen LogP contribution in [0.4, 0.5) is 4.79 Å². The molecule has 0 radical (unpaired) electrons. The molecule has 8 N–H and O–H groups in total. The molecule has 418 valence electrons. The van der Waals surface area contributed by atoms with Gasteiger partial charge in [0.2, 0.25) is 35.4 Å². The predicted octanol–water partition coefficient (Wildman–Crippen LogP) is 4.08. The summed E-state index contributed by atoms with van der Waals surface area (Å²) >= 11 is 0. The van der Waals surface area contributed by atoms with Gasteiger partial charge in [-0.3, -0.25) is 28.8 Å². The molecule has 7 unspecified atom stereocenters. The minimum Gasteiger partial charge on any atom is -0.443 e. The van der Waals surface area contributed by atoms with Crippen LogP contribution in [0.5, 0.6) is 0 Å². The number of ether oxygens (including phenoxy) is 4. The molecule has 0 bridgehead atoms. The second-order valence-electron chi connectivity index (χ2n) is 23.4. The standard InChI is InChI=1S/C55H91N7O12/c1-33(2)19-20-42-54(12,74-42)46-45(71-13)41(21-22-55(46)32-72-55)73-51(70)57-24-23-56-43(64)29-58-47(66)39(25-34(3)4)62-48(67)40(26-38-17-15-14-16-18-38)61-44(65)30-60-50(69)53(11,36(7)8)31-52(10,27-35(5)6)49(68)59-28-37(9)63/h14-18,33-37,39-42,45-46,63H,19-32H2,1-13H3,(H,56,64)(H,57,70)(H,58,66)(H,59,68)(H,60,69)(H,61,65)(H,62,67)/t37?,39-,40-,41?,42+,45?,46?,52?,53?,54?,55-/m0/s1. The van der Waals surface area contributed by atoms with Crippen molar-refractivity contribution < 1.29 is 57.6 Å². The Morgan fingerprint density at radius 1 is 0.784 bits per heavy atom. The van der Waals surface area contributed by atoms with Crippen molar-refractivity contribution in [1.82, 2.24) is 37.2 Å². The molecule has 19 nitrogen and oxygen atoms in total. The average molecular weight is 1040 g/mol. The summed E-state index contributed by atoms with van der Waals surface area (Å²) in [5.74, 6) is -2.83. The van der Waals surface area contributed by atoms with Crippen LogP contribution in [0.1, 0.15) is 134 Å². The van der Waals surface area contributed by atoms with Crippen LogP contribution in [-0.2, 0) is 54.1 Å². The van der Waals surface area contributed by atoms with Gasteiger partial charge in [0, 0.05) is 44.0 Å². The number of hydrogen-bond donors (Lipinski definition) is 8. The molecule has 3 fully saturated rings. The van der Waals surface area contributed by atoms with Gasteiger partial charge in [0.05, 0.1) is 37.8 Å². The second-order valence-corrected chi connectivity index (χ2v) is 23.4. The maximum atomic E-state index is 14.1. The fourth-order valence-corrected chi connectivity index (χ4v) is 10.8. The highest BCUT2D eigenvalue weighted by molar-refractivity contribution is 5.95. The SMILES string of the molecule is COC1C(OC(=O)NCCNC(=O)CNC(=O)[C@H](CC(C)C)NC(=O)[C@H](Cc2ccccc2)NC(=O)CNC(=O)C(C)(CC(C)(CC(C)C)C(=O)NCC(C)O)C(C)C)CC[C@]2(CO2)C1C1(C)O[C@@H]1CCC(C)C. The first-order valence-corrected chi connectivity index (χ1v) is 26.9. The van der Waals surface area contributed by atoms with E-state index < -0.39 is 95.5 Å². The van der Waals surface area contributed by atoms with Crippen LogP contribution in [0.2, 0.25) is 0 Å². The molecule has 19 heteroatoms. The third-order valence-electron chi connectivity index (χ3n) is 15.1. The third kappa shape index (κ3) is 17.6. The van der Waals surface area contributed by atoms with E-state index in [2.05, 4.69) is 58.0 Å². The summed E-state index contributed by atoms with van der Waals surface area (Å²) in [6.07, 6.45) is 1.97. The fraction of sp³-hybridized carbons (Fsp3) is 0.764. The van der Waals surface area contributed by atoms with E-state index >= 15 is 0 Å². The summed E-state index contributed by atoms with van der Waals surface area (Å²) in [4.78, 5) is 94.8. The van der Waals surface area contributed by atoms with Crippen LogP contribution in [0.3, 0.4) is 0 Å². The lowest BCUT2D eigenvalue weighted by Gasteiger charge is -2.42. The molecule has 0 aromatic heterocycles. The van der Waals surface area contributed by atoms with Crippen molar-refractivity contribution in [2.24, 2.45) is 40.4 Å². The molecule has 7 amide bonds. The lowest BCUT2D eigenvalue weighted by Crippen LogP contribution is -2.57. The van der Waals surface area contributed by atoms with Gasteiger partial charge in [-0.2, -0.15) is 0 Å². The summed E-state index contributed by atoms with van der Waals surface area (Å²) in [7, 11) is 1.62. The maximum absolute atomic E-state index is 14.1.